The van der Waals surface area contributed by atoms with Crippen molar-refractivity contribution in [3.63, 3.8) is 0 Å². The normalized spacial score (nSPS) is 12.7. The predicted octanol–water partition coefficient (Wildman–Crippen LogP) is 2.33. The summed E-state index contributed by atoms with van der Waals surface area (Å²) in [5, 5.41) is 2.02. The summed E-state index contributed by atoms with van der Waals surface area (Å²) in [6.45, 7) is 0. The molecule has 1 amide bonds. The fourth-order valence-corrected chi connectivity index (χ4v) is 1.97. The SMILES string of the molecule is O=C(Nc1cccnc1S(=O)O)c1ccc(C(F)(F)F)nc1. The highest BCUT2D eigenvalue weighted by Gasteiger charge is 2.32. The highest BCUT2D eigenvalue weighted by Crippen LogP contribution is 2.27. The fourth-order valence-electron chi connectivity index (χ4n) is 1.52. The first kappa shape index (κ1) is 16.0. The van der Waals surface area contributed by atoms with Crippen molar-refractivity contribution in [3.8, 4) is 0 Å². The standard InChI is InChI=1S/C12H8F3N3O3S/c13-12(14,15)9-4-3-7(6-17-9)10(19)18-8-2-1-5-16-11(8)22(20)21/h1-6H,(H,18,19)(H,20,21). The van der Waals surface area contributed by atoms with E-state index in [2.05, 4.69) is 15.3 Å². The first-order chi connectivity index (χ1) is 10.3. The van der Waals surface area contributed by atoms with Crippen LogP contribution in [0.2, 0.25) is 0 Å². The maximum Gasteiger partial charge on any atom is 0.433 e. The molecule has 0 bridgehead atoms. The van der Waals surface area contributed by atoms with Crippen LogP contribution in [0.15, 0.2) is 41.7 Å². The van der Waals surface area contributed by atoms with Crippen LogP contribution in [0.4, 0.5) is 18.9 Å². The van der Waals surface area contributed by atoms with E-state index in [0.29, 0.717) is 6.07 Å². The van der Waals surface area contributed by atoms with E-state index in [1.165, 1.54) is 18.3 Å². The molecule has 0 radical (unpaired) electrons. The molecule has 2 rings (SSSR count). The molecule has 1 atom stereocenters. The Labute approximate surface area is 124 Å². The smallest absolute Gasteiger partial charge is 0.319 e. The zero-order chi connectivity index (χ0) is 16.3. The van der Waals surface area contributed by atoms with Crippen LogP contribution in [-0.4, -0.2) is 24.6 Å². The molecule has 0 saturated carbocycles. The number of nitrogens with one attached hydrogen (secondary N) is 1. The second-order valence-corrected chi connectivity index (χ2v) is 4.87. The van der Waals surface area contributed by atoms with Gasteiger partial charge in [0.15, 0.2) is 5.03 Å². The van der Waals surface area contributed by atoms with Gasteiger partial charge in [0.1, 0.15) is 5.69 Å². The lowest BCUT2D eigenvalue weighted by Crippen LogP contribution is -2.15. The molecule has 6 nitrogen and oxygen atoms in total. The van der Waals surface area contributed by atoms with Gasteiger partial charge in [0.2, 0.25) is 11.1 Å². The Bertz CT molecular complexity index is 720. The maximum atomic E-state index is 12.4. The van der Waals surface area contributed by atoms with Crippen molar-refractivity contribution in [1.82, 2.24) is 9.97 Å². The van der Waals surface area contributed by atoms with Crippen molar-refractivity contribution in [2.24, 2.45) is 0 Å². The van der Waals surface area contributed by atoms with Crippen LogP contribution in [0, 0.1) is 0 Å². The van der Waals surface area contributed by atoms with Gasteiger partial charge in [0.25, 0.3) is 5.91 Å². The number of carbonyl (C=O) groups is 1. The van der Waals surface area contributed by atoms with Gasteiger partial charge in [0, 0.05) is 12.4 Å². The fraction of sp³-hybridized carbons (Fsp3) is 0.0833. The van der Waals surface area contributed by atoms with Crippen molar-refractivity contribution >= 4 is 22.7 Å². The number of rotatable bonds is 3. The van der Waals surface area contributed by atoms with Gasteiger partial charge >= 0.3 is 6.18 Å². The van der Waals surface area contributed by atoms with Crippen LogP contribution in [0.3, 0.4) is 0 Å². The molecule has 2 heterocycles. The van der Waals surface area contributed by atoms with Crippen molar-refractivity contribution < 1.29 is 26.7 Å². The van der Waals surface area contributed by atoms with Gasteiger partial charge in [-0.1, -0.05) is 0 Å². The first-order valence-electron chi connectivity index (χ1n) is 5.69. The highest BCUT2D eigenvalue weighted by atomic mass is 32.2. The van der Waals surface area contributed by atoms with Crippen molar-refractivity contribution in [3.05, 3.63) is 47.9 Å². The van der Waals surface area contributed by atoms with E-state index < -0.39 is 28.9 Å². The van der Waals surface area contributed by atoms with E-state index >= 15 is 0 Å². The number of pyridine rings is 2. The van der Waals surface area contributed by atoms with Crippen molar-refractivity contribution in [1.29, 1.82) is 0 Å². The summed E-state index contributed by atoms with van der Waals surface area (Å²) in [7, 11) is 0. The number of halogens is 3. The highest BCUT2D eigenvalue weighted by molar-refractivity contribution is 7.79. The minimum absolute atomic E-state index is 0.0202. The average Bonchev–Trinajstić information content (AvgIpc) is 2.46. The minimum atomic E-state index is -4.60. The monoisotopic (exact) mass is 331 g/mol. The minimum Gasteiger partial charge on any atom is -0.319 e. The molecule has 0 saturated heterocycles. The molecule has 0 fully saturated rings. The molecule has 2 aromatic rings. The Morgan fingerprint density at radius 1 is 1.23 bits per heavy atom. The molecule has 22 heavy (non-hydrogen) atoms. The summed E-state index contributed by atoms with van der Waals surface area (Å²) in [6, 6.07) is 4.39. The number of aromatic nitrogens is 2. The molecule has 116 valence electrons. The summed E-state index contributed by atoms with van der Waals surface area (Å²) >= 11 is -2.42. The second-order valence-electron chi connectivity index (χ2n) is 3.99. The second kappa shape index (κ2) is 6.20. The number of carbonyl (C=O) groups excluding carboxylic acids is 1. The Balaban J connectivity index is 2.22. The first-order valence-corrected chi connectivity index (χ1v) is 6.80. The molecule has 2 aromatic heterocycles. The van der Waals surface area contributed by atoms with Crippen LogP contribution >= 0.6 is 0 Å². The lowest BCUT2D eigenvalue weighted by Gasteiger charge is -2.09. The van der Waals surface area contributed by atoms with Crippen LogP contribution in [0.25, 0.3) is 0 Å². The van der Waals surface area contributed by atoms with Crippen LogP contribution in [0.1, 0.15) is 16.1 Å². The van der Waals surface area contributed by atoms with Gasteiger partial charge in [-0.15, -0.1) is 0 Å². The summed E-state index contributed by atoms with van der Waals surface area (Å²) < 4.78 is 57.2. The molecule has 10 heteroatoms. The van der Waals surface area contributed by atoms with E-state index in [4.69, 9.17) is 4.55 Å². The number of hydrogen-bond acceptors (Lipinski definition) is 4. The van der Waals surface area contributed by atoms with E-state index in [1.54, 1.807) is 0 Å². The number of hydrogen-bond donors (Lipinski definition) is 2. The Morgan fingerprint density at radius 2 is 1.95 bits per heavy atom. The summed E-state index contributed by atoms with van der Waals surface area (Å²) in [4.78, 5) is 18.7. The van der Waals surface area contributed by atoms with E-state index in [0.717, 1.165) is 12.3 Å². The summed E-state index contributed by atoms with van der Waals surface area (Å²) in [5.41, 5.74) is -1.28. The summed E-state index contributed by atoms with van der Waals surface area (Å²) in [6.07, 6.45) is -2.57. The molecule has 0 aromatic carbocycles. The van der Waals surface area contributed by atoms with Crippen LogP contribution in [-0.2, 0) is 17.3 Å². The van der Waals surface area contributed by atoms with Crippen molar-refractivity contribution in [2.45, 2.75) is 11.2 Å². The summed E-state index contributed by atoms with van der Waals surface area (Å²) in [5.74, 6) is -0.777. The van der Waals surface area contributed by atoms with Gasteiger partial charge in [0.05, 0.1) is 11.3 Å². The van der Waals surface area contributed by atoms with E-state index in [9.17, 15) is 22.2 Å². The zero-order valence-corrected chi connectivity index (χ0v) is 11.5. The lowest BCUT2D eigenvalue weighted by molar-refractivity contribution is -0.141. The van der Waals surface area contributed by atoms with Gasteiger partial charge in [-0.25, -0.2) is 9.19 Å². The Hall–Kier alpha value is -2.33. The molecule has 1 unspecified atom stereocenters. The predicted molar refractivity (Wildman–Crippen MR) is 70.5 cm³/mol. The number of anilines is 1. The Kier molecular flexibility index (Phi) is 4.52. The Morgan fingerprint density at radius 3 is 2.50 bits per heavy atom. The molecule has 0 aliphatic rings. The van der Waals surface area contributed by atoms with Gasteiger partial charge in [-0.3, -0.25) is 9.78 Å². The maximum absolute atomic E-state index is 12.4. The third-order valence-corrected chi connectivity index (χ3v) is 3.16. The van der Waals surface area contributed by atoms with Crippen LogP contribution in [0.5, 0.6) is 0 Å². The zero-order valence-electron chi connectivity index (χ0n) is 10.7. The number of nitrogens with zero attached hydrogens (tertiary/aromatic N) is 2. The molecular formula is C12H8F3N3O3S. The molecule has 2 N–H and O–H groups in total. The quantitative estimate of drug-likeness (QED) is 0.842. The molecule has 0 aliphatic carbocycles. The molecule has 0 spiro atoms. The lowest BCUT2D eigenvalue weighted by atomic mass is 10.2. The molecular weight excluding hydrogens is 323 g/mol. The van der Waals surface area contributed by atoms with E-state index in [-0.39, 0.29) is 16.3 Å². The van der Waals surface area contributed by atoms with Crippen LogP contribution < -0.4 is 5.32 Å². The number of amides is 1. The van der Waals surface area contributed by atoms with E-state index in [1.807, 2.05) is 0 Å². The van der Waals surface area contributed by atoms with Crippen molar-refractivity contribution in [2.75, 3.05) is 5.32 Å². The molecule has 0 aliphatic heterocycles. The topological polar surface area (TPSA) is 92.2 Å². The van der Waals surface area contributed by atoms with Gasteiger partial charge in [-0.05, 0) is 24.3 Å². The average molecular weight is 331 g/mol. The largest absolute Gasteiger partial charge is 0.433 e. The third kappa shape index (κ3) is 3.65. The number of alkyl halides is 3. The van der Waals surface area contributed by atoms with Gasteiger partial charge in [-0.2, -0.15) is 13.2 Å². The van der Waals surface area contributed by atoms with Gasteiger partial charge < -0.3 is 9.87 Å². The third-order valence-electron chi connectivity index (χ3n) is 2.50.